The number of fused-ring (bicyclic) bond motifs is 1. The van der Waals surface area contributed by atoms with Crippen LogP contribution in [-0.2, 0) is 5.66 Å². The van der Waals surface area contributed by atoms with Crippen molar-refractivity contribution in [2.75, 3.05) is 5.32 Å². The third-order valence-electron chi connectivity index (χ3n) is 3.33. The lowest BCUT2D eigenvalue weighted by atomic mass is 9.96. The number of amides is 1. The second-order valence-electron chi connectivity index (χ2n) is 4.76. The van der Waals surface area contributed by atoms with Crippen molar-refractivity contribution in [3.63, 3.8) is 0 Å². The van der Waals surface area contributed by atoms with E-state index in [0.717, 1.165) is 11.3 Å². The topological polar surface area (TPSA) is 41.1 Å². The fourth-order valence-electron chi connectivity index (χ4n) is 2.33. The van der Waals surface area contributed by atoms with Crippen LogP contribution in [0.5, 0.6) is 0 Å². The molecule has 4 heteroatoms. The lowest BCUT2D eigenvalue weighted by Crippen LogP contribution is -2.52. The Bertz CT molecular complexity index is 642. The molecule has 2 aromatic carbocycles. The quantitative estimate of drug-likeness (QED) is 0.836. The maximum absolute atomic E-state index is 12.2. The molecule has 19 heavy (non-hydrogen) atoms. The molecule has 2 aromatic rings. The summed E-state index contributed by atoms with van der Waals surface area (Å²) in [6.07, 6.45) is 0. The number of rotatable bonds is 1. The molecule has 0 saturated heterocycles. The van der Waals surface area contributed by atoms with Crippen LogP contribution < -0.4 is 10.6 Å². The lowest BCUT2D eigenvalue weighted by molar-refractivity contribution is 0.0906. The van der Waals surface area contributed by atoms with Gasteiger partial charge in [0, 0.05) is 5.02 Å². The molecule has 1 unspecified atom stereocenters. The standard InChI is InChI=1S/C15H13ClN2O/c1-15(10-5-3-2-4-6-10)17-13-9-11(16)7-8-12(13)14(19)18-15/h2-9,17H,1H3,(H,18,19). The zero-order chi connectivity index (χ0) is 13.5. The van der Waals surface area contributed by atoms with Gasteiger partial charge in [0.15, 0.2) is 0 Å². The van der Waals surface area contributed by atoms with Gasteiger partial charge in [0.05, 0.1) is 11.3 Å². The molecule has 1 aliphatic heterocycles. The van der Waals surface area contributed by atoms with Gasteiger partial charge in [-0.1, -0.05) is 41.9 Å². The smallest absolute Gasteiger partial charge is 0.255 e. The Morgan fingerprint density at radius 2 is 1.79 bits per heavy atom. The van der Waals surface area contributed by atoms with Crippen molar-refractivity contribution in [3.05, 3.63) is 64.7 Å². The first kappa shape index (κ1) is 12.1. The fourth-order valence-corrected chi connectivity index (χ4v) is 2.50. The van der Waals surface area contributed by atoms with Crippen molar-refractivity contribution in [1.29, 1.82) is 0 Å². The highest BCUT2D eigenvalue weighted by atomic mass is 35.5. The Hall–Kier alpha value is -2.00. The minimum atomic E-state index is -0.629. The average molecular weight is 273 g/mol. The molecule has 2 N–H and O–H groups in total. The van der Waals surface area contributed by atoms with Crippen LogP contribution in [0.1, 0.15) is 22.8 Å². The number of carbonyl (C=O) groups is 1. The second kappa shape index (κ2) is 4.28. The van der Waals surface area contributed by atoms with Crippen molar-refractivity contribution in [1.82, 2.24) is 5.32 Å². The van der Waals surface area contributed by atoms with E-state index in [2.05, 4.69) is 10.6 Å². The van der Waals surface area contributed by atoms with Crippen LogP contribution in [0, 0.1) is 0 Å². The molecule has 0 fully saturated rings. The Morgan fingerprint density at radius 3 is 2.53 bits per heavy atom. The Balaban J connectivity index is 2.07. The third kappa shape index (κ3) is 2.06. The molecule has 1 heterocycles. The van der Waals surface area contributed by atoms with Gasteiger partial charge in [-0.05, 0) is 30.7 Å². The Kier molecular flexibility index (Phi) is 2.72. The molecule has 1 aliphatic rings. The SMILES string of the molecule is CC1(c2ccccc2)NC(=O)c2ccc(Cl)cc2N1. The maximum atomic E-state index is 12.2. The van der Waals surface area contributed by atoms with Crippen LogP contribution in [0.15, 0.2) is 48.5 Å². The van der Waals surface area contributed by atoms with Gasteiger partial charge in [-0.25, -0.2) is 0 Å². The zero-order valence-corrected chi connectivity index (χ0v) is 11.2. The fraction of sp³-hybridized carbons (Fsp3) is 0.133. The molecule has 1 atom stereocenters. The van der Waals surface area contributed by atoms with E-state index in [1.807, 2.05) is 37.3 Å². The van der Waals surface area contributed by atoms with Gasteiger partial charge in [0.2, 0.25) is 0 Å². The molecule has 0 bridgehead atoms. The highest BCUT2D eigenvalue weighted by Gasteiger charge is 2.34. The van der Waals surface area contributed by atoms with E-state index >= 15 is 0 Å². The molecule has 96 valence electrons. The van der Waals surface area contributed by atoms with E-state index in [-0.39, 0.29) is 5.91 Å². The van der Waals surface area contributed by atoms with E-state index in [9.17, 15) is 4.79 Å². The highest BCUT2D eigenvalue weighted by molar-refractivity contribution is 6.31. The van der Waals surface area contributed by atoms with Crippen molar-refractivity contribution < 1.29 is 4.79 Å². The Morgan fingerprint density at radius 1 is 1.05 bits per heavy atom. The number of nitrogens with one attached hydrogen (secondary N) is 2. The van der Waals surface area contributed by atoms with Crippen LogP contribution in [0.4, 0.5) is 5.69 Å². The summed E-state index contributed by atoms with van der Waals surface area (Å²) in [6.45, 7) is 1.93. The monoisotopic (exact) mass is 272 g/mol. The highest BCUT2D eigenvalue weighted by Crippen LogP contribution is 2.32. The van der Waals surface area contributed by atoms with E-state index in [4.69, 9.17) is 11.6 Å². The summed E-state index contributed by atoms with van der Waals surface area (Å²) in [7, 11) is 0. The van der Waals surface area contributed by atoms with Gasteiger partial charge in [-0.2, -0.15) is 0 Å². The minimum absolute atomic E-state index is 0.100. The first-order chi connectivity index (χ1) is 9.08. The van der Waals surface area contributed by atoms with Gasteiger partial charge >= 0.3 is 0 Å². The molecule has 0 spiro atoms. The molecule has 0 aromatic heterocycles. The number of hydrogen-bond donors (Lipinski definition) is 2. The third-order valence-corrected chi connectivity index (χ3v) is 3.56. The van der Waals surface area contributed by atoms with Crippen LogP contribution in [-0.4, -0.2) is 5.91 Å². The summed E-state index contributed by atoms with van der Waals surface area (Å²) < 4.78 is 0. The number of benzene rings is 2. The molecular weight excluding hydrogens is 260 g/mol. The molecule has 0 radical (unpaired) electrons. The molecule has 0 saturated carbocycles. The van der Waals surface area contributed by atoms with E-state index in [1.54, 1.807) is 18.2 Å². The molecular formula is C15H13ClN2O. The maximum Gasteiger partial charge on any atom is 0.255 e. The van der Waals surface area contributed by atoms with Gasteiger partial charge in [-0.15, -0.1) is 0 Å². The van der Waals surface area contributed by atoms with Crippen LogP contribution >= 0.6 is 11.6 Å². The molecule has 3 rings (SSSR count). The predicted molar refractivity (Wildman–Crippen MR) is 76.3 cm³/mol. The summed E-state index contributed by atoms with van der Waals surface area (Å²) in [5, 5.41) is 6.94. The number of halogens is 1. The number of anilines is 1. The molecule has 3 nitrogen and oxygen atoms in total. The minimum Gasteiger partial charge on any atom is -0.359 e. The van der Waals surface area contributed by atoms with E-state index in [1.165, 1.54) is 0 Å². The van der Waals surface area contributed by atoms with Gasteiger partial charge in [-0.3, -0.25) is 4.79 Å². The van der Waals surface area contributed by atoms with Crippen molar-refractivity contribution in [3.8, 4) is 0 Å². The number of carbonyl (C=O) groups excluding carboxylic acids is 1. The average Bonchev–Trinajstić information content (AvgIpc) is 2.39. The summed E-state index contributed by atoms with van der Waals surface area (Å²) in [5.74, 6) is -0.100. The lowest BCUT2D eigenvalue weighted by Gasteiger charge is -2.38. The van der Waals surface area contributed by atoms with Crippen LogP contribution in [0.3, 0.4) is 0 Å². The largest absolute Gasteiger partial charge is 0.359 e. The first-order valence-corrected chi connectivity index (χ1v) is 6.42. The van der Waals surface area contributed by atoms with Gasteiger partial charge in [0.1, 0.15) is 5.66 Å². The van der Waals surface area contributed by atoms with E-state index in [0.29, 0.717) is 10.6 Å². The Labute approximate surface area is 116 Å². The van der Waals surface area contributed by atoms with Crippen LogP contribution in [0.25, 0.3) is 0 Å². The molecule has 1 amide bonds. The number of hydrogen-bond acceptors (Lipinski definition) is 2. The summed E-state index contributed by atoms with van der Waals surface area (Å²) in [5.41, 5.74) is 1.73. The summed E-state index contributed by atoms with van der Waals surface area (Å²) >= 11 is 5.99. The van der Waals surface area contributed by atoms with Crippen molar-refractivity contribution >= 4 is 23.2 Å². The van der Waals surface area contributed by atoms with Gasteiger partial charge < -0.3 is 10.6 Å². The molecule has 0 aliphatic carbocycles. The van der Waals surface area contributed by atoms with Crippen LogP contribution in [0.2, 0.25) is 5.02 Å². The van der Waals surface area contributed by atoms with E-state index < -0.39 is 5.66 Å². The summed E-state index contributed by atoms with van der Waals surface area (Å²) in [6, 6.07) is 15.0. The predicted octanol–water partition coefficient (Wildman–Crippen LogP) is 3.37. The normalized spacial score (nSPS) is 21.3. The zero-order valence-electron chi connectivity index (χ0n) is 10.4. The van der Waals surface area contributed by atoms with Crippen molar-refractivity contribution in [2.45, 2.75) is 12.6 Å². The second-order valence-corrected chi connectivity index (χ2v) is 5.20. The summed E-state index contributed by atoms with van der Waals surface area (Å²) in [4.78, 5) is 12.2. The van der Waals surface area contributed by atoms with Crippen molar-refractivity contribution in [2.24, 2.45) is 0 Å². The van der Waals surface area contributed by atoms with Gasteiger partial charge in [0.25, 0.3) is 5.91 Å². The first-order valence-electron chi connectivity index (χ1n) is 6.04.